The van der Waals surface area contributed by atoms with E-state index in [1.165, 1.54) is 109 Å². The predicted molar refractivity (Wildman–Crippen MR) is 143 cm³/mol. The number of carbonyl (C=O) groups is 1. The minimum Gasteiger partial charge on any atom is -0.338 e. The van der Waals surface area contributed by atoms with Crippen molar-refractivity contribution in [2.24, 2.45) is 0 Å². The second-order valence-corrected chi connectivity index (χ2v) is 10.1. The zero-order chi connectivity index (χ0) is 24.2. The van der Waals surface area contributed by atoms with Gasteiger partial charge in [0.25, 0.3) is 0 Å². The van der Waals surface area contributed by atoms with Gasteiger partial charge in [-0.3, -0.25) is 9.28 Å². The van der Waals surface area contributed by atoms with Crippen LogP contribution in [0.25, 0.3) is 0 Å². The highest BCUT2D eigenvalue weighted by molar-refractivity contribution is 5.72. The van der Waals surface area contributed by atoms with E-state index in [2.05, 4.69) is 56.0 Å². The molecular formula is C29H56N3O+. The third-order valence-corrected chi connectivity index (χ3v) is 7.37. The molecule has 0 aromatic heterocycles. The van der Waals surface area contributed by atoms with E-state index in [4.69, 9.17) is 0 Å². The molecule has 0 aromatic carbocycles. The first-order chi connectivity index (χ1) is 16.1. The Kier molecular flexibility index (Phi) is 17.2. The van der Waals surface area contributed by atoms with Crippen LogP contribution in [-0.2, 0) is 4.79 Å². The molecule has 0 radical (unpaired) electrons. The van der Waals surface area contributed by atoms with Crippen molar-refractivity contribution in [3.05, 3.63) is 24.6 Å². The zero-order valence-corrected chi connectivity index (χ0v) is 22.5. The van der Waals surface area contributed by atoms with E-state index in [1.807, 2.05) is 0 Å². The van der Waals surface area contributed by atoms with Gasteiger partial charge in [0.15, 0.2) is 12.3 Å². The first kappa shape index (κ1) is 29.7. The summed E-state index contributed by atoms with van der Waals surface area (Å²) in [6.07, 6.45) is 32.6. The van der Waals surface area contributed by atoms with E-state index in [1.54, 1.807) is 6.92 Å². The standard InChI is InChI=1S/C29H55N3O/c1-5-7-8-9-10-11-12-13-14-15-16-17-18-19-20-21-22-23-24-29-30-25-26-32(29,6-2)27(3)31-28(4)33/h8-9,25-27,29-30H,5-7,10-24H2,1-4H3/p+1/b9-8+. The fourth-order valence-electron chi connectivity index (χ4n) is 5.22. The average Bonchev–Trinajstić information content (AvgIpc) is 3.22. The summed E-state index contributed by atoms with van der Waals surface area (Å²) in [4.78, 5) is 11.5. The molecule has 3 atom stereocenters. The van der Waals surface area contributed by atoms with E-state index in [9.17, 15) is 4.79 Å². The third-order valence-electron chi connectivity index (χ3n) is 7.37. The van der Waals surface area contributed by atoms with Crippen molar-refractivity contribution < 1.29 is 9.28 Å². The minimum absolute atomic E-state index is 0.0540. The molecule has 192 valence electrons. The Hall–Kier alpha value is -1.29. The number of nitrogens with zero attached hydrogens (tertiary/aromatic N) is 1. The molecule has 2 N–H and O–H groups in total. The zero-order valence-electron chi connectivity index (χ0n) is 22.5. The van der Waals surface area contributed by atoms with E-state index >= 15 is 0 Å². The molecule has 0 saturated heterocycles. The predicted octanol–water partition coefficient (Wildman–Crippen LogP) is 7.91. The summed E-state index contributed by atoms with van der Waals surface area (Å²) < 4.78 is 0.815. The number of rotatable bonds is 21. The molecule has 4 heteroatoms. The summed E-state index contributed by atoms with van der Waals surface area (Å²) in [6.45, 7) is 9.19. The van der Waals surface area contributed by atoms with E-state index < -0.39 is 0 Å². The Morgan fingerprint density at radius 2 is 1.39 bits per heavy atom. The van der Waals surface area contributed by atoms with Crippen LogP contribution in [0.5, 0.6) is 0 Å². The number of amides is 1. The van der Waals surface area contributed by atoms with Crippen molar-refractivity contribution in [3.8, 4) is 0 Å². The van der Waals surface area contributed by atoms with Crippen molar-refractivity contribution in [3.63, 3.8) is 0 Å². The molecule has 0 spiro atoms. The summed E-state index contributed by atoms with van der Waals surface area (Å²) in [7, 11) is 0. The molecule has 3 unspecified atom stereocenters. The lowest BCUT2D eigenvalue weighted by molar-refractivity contribution is -0.923. The summed E-state index contributed by atoms with van der Waals surface area (Å²) >= 11 is 0. The molecule has 0 fully saturated rings. The van der Waals surface area contributed by atoms with Crippen LogP contribution >= 0.6 is 0 Å². The van der Waals surface area contributed by atoms with Gasteiger partial charge in [0, 0.05) is 20.3 Å². The summed E-state index contributed by atoms with van der Waals surface area (Å²) in [5.74, 6) is 0.0540. The Labute approximate surface area is 206 Å². The maximum Gasteiger partial charge on any atom is 0.221 e. The van der Waals surface area contributed by atoms with Crippen LogP contribution in [-0.4, -0.2) is 29.3 Å². The normalized spacial score (nSPS) is 20.9. The van der Waals surface area contributed by atoms with Gasteiger partial charge in [0.1, 0.15) is 6.20 Å². The third kappa shape index (κ3) is 12.7. The maximum atomic E-state index is 11.5. The summed E-state index contributed by atoms with van der Waals surface area (Å²) in [5.41, 5.74) is 0. The molecule has 1 rings (SSSR count). The van der Waals surface area contributed by atoms with Crippen LogP contribution in [0.15, 0.2) is 24.6 Å². The molecule has 1 heterocycles. The fourth-order valence-corrected chi connectivity index (χ4v) is 5.22. The number of nitrogens with one attached hydrogen (secondary N) is 2. The first-order valence-corrected chi connectivity index (χ1v) is 14.3. The van der Waals surface area contributed by atoms with E-state index in [0.717, 1.165) is 11.0 Å². The summed E-state index contributed by atoms with van der Waals surface area (Å²) in [6, 6.07) is 0. The lowest BCUT2D eigenvalue weighted by Crippen LogP contribution is -2.62. The number of quaternary nitrogens is 1. The van der Waals surface area contributed by atoms with Gasteiger partial charge in [0.05, 0.1) is 12.7 Å². The van der Waals surface area contributed by atoms with Gasteiger partial charge in [-0.05, 0) is 32.6 Å². The highest BCUT2D eigenvalue weighted by Crippen LogP contribution is 2.26. The van der Waals surface area contributed by atoms with E-state index in [0.29, 0.717) is 6.17 Å². The van der Waals surface area contributed by atoms with Gasteiger partial charge >= 0.3 is 0 Å². The summed E-state index contributed by atoms with van der Waals surface area (Å²) in [5, 5.41) is 6.65. The quantitative estimate of drug-likeness (QED) is 0.103. The van der Waals surface area contributed by atoms with Crippen molar-refractivity contribution in [1.82, 2.24) is 10.6 Å². The topological polar surface area (TPSA) is 41.1 Å². The first-order valence-electron chi connectivity index (χ1n) is 14.3. The minimum atomic E-state index is 0.0540. The van der Waals surface area contributed by atoms with Crippen LogP contribution in [0.2, 0.25) is 0 Å². The average molecular weight is 463 g/mol. The number of hydrogen-bond acceptors (Lipinski definition) is 2. The Balaban J connectivity index is 1.95. The molecular weight excluding hydrogens is 406 g/mol. The smallest absolute Gasteiger partial charge is 0.221 e. The van der Waals surface area contributed by atoms with Crippen LogP contribution < -0.4 is 10.6 Å². The van der Waals surface area contributed by atoms with Gasteiger partial charge in [-0.15, -0.1) is 0 Å². The molecule has 0 aromatic rings. The molecule has 0 aliphatic carbocycles. The number of allylic oxidation sites excluding steroid dienone is 2. The highest BCUT2D eigenvalue weighted by atomic mass is 16.1. The van der Waals surface area contributed by atoms with Crippen LogP contribution in [0, 0.1) is 0 Å². The number of hydrogen-bond donors (Lipinski definition) is 2. The Morgan fingerprint density at radius 1 is 0.879 bits per heavy atom. The van der Waals surface area contributed by atoms with Crippen LogP contribution in [0.1, 0.15) is 137 Å². The Morgan fingerprint density at radius 3 is 1.91 bits per heavy atom. The van der Waals surface area contributed by atoms with Crippen molar-refractivity contribution in [1.29, 1.82) is 0 Å². The monoisotopic (exact) mass is 462 g/mol. The molecule has 1 aliphatic rings. The highest BCUT2D eigenvalue weighted by Gasteiger charge is 2.41. The molecule has 0 saturated carbocycles. The number of carbonyl (C=O) groups excluding carboxylic acids is 1. The molecule has 1 amide bonds. The van der Waals surface area contributed by atoms with Gasteiger partial charge in [0.2, 0.25) is 5.91 Å². The van der Waals surface area contributed by atoms with Crippen molar-refractivity contribution >= 4 is 5.91 Å². The van der Waals surface area contributed by atoms with Gasteiger partial charge < -0.3 is 10.6 Å². The van der Waals surface area contributed by atoms with Gasteiger partial charge in [-0.2, -0.15) is 0 Å². The van der Waals surface area contributed by atoms with E-state index in [-0.39, 0.29) is 12.1 Å². The molecule has 33 heavy (non-hydrogen) atoms. The second-order valence-electron chi connectivity index (χ2n) is 10.1. The van der Waals surface area contributed by atoms with Crippen molar-refractivity contribution in [2.45, 2.75) is 149 Å². The Bertz CT molecular complexity index is 545. The van der Waals surface area contributed by atoms with Gasteiger partial charge in [-0.1, -0.05) is 96.1 Å². The number of unbranched alkanes of at least 4 members (excludes halogenated alkanes) is 14. The lowest BCUT2D eigenvalue weighted by Gasteiger charge is -2.41. The van der Waals surface area contributed by atoms with Crippen LogP contribution in [0.4, 0.5) is 0 Å². The largest absolute Gasteiger partial charge is 0.338 e. The SMILES string of the molecule is CCC/C=C/CCCCCCCCCCCCCCCC1NC=C[N+]1(CC)C(C)NC(C)=O. The molecule has 1 aliphatic heterocycles. The lowest BCUT2D eigenvalue weighted by atomic mass is 10.0. The van der Waals surface area contributed by atoms with Gasteiger partial charge in [-0.25, -0.2) is 0 Å². The fraction of sp³-hybridized carbons (Fsp3) is 0.828. The maximum absolute atomic E-state index is 11.5. The van der Waals surface area contributed by atoms with Crippen LogP contribution in [0.3, 0.4) is 0 Å². The molecule has 0 bridgehead atoms. The second kappa shape index (κ2) is 19.1. The van der Waals surface area contributed by atoms with Crippen molar-refractivity contribution in [2.75, 3.05) is 6.54 Å². The molecule has 4 nitrogen and oxygen atoms in total.